The zero-order chi connectivity index (χ0) is 16.3. The van der Waals surface area contributed by atoms with Gasteiger partial charge in [-0.15, -0.1) is 11.3 Å². The van der Waals surface area contributed by atoms with Crippen molar-refractivity contribution >= 4 is 17.2 Å². The summed E-state index contributed by atoms with van der Waals surface area (Å²) in [6.45, 7) is 3.16. The Kier molecular flexibility index (Phi) is 7.80. The monoisotopic (exact) mass is 332 g/mol. The maximum absolute atomic E-state index is 12.5. The maximum Gasteiger partial charge on any atom is 0.237 e. The molecule has 0 fully saturated rings. The molecule has 4 nitrogen and oxygen atoms in total. The number of hydrogen-bond acceptors (Lipinski definition) is 4. The molecule has 2 rings (SSSR count). The van der Waals surface area contributed by atoms with Gasteiger partial charge >= 0.3 is 0 Å². The first-order valence-electron chi connectivity index (χ1n) is 7.83. The molecular formula is C18H24N2O2S. The van der Waals surface area contributed by atoms with Crippen molar-refractivity contribution < 1.29 is 9.53 Å². The van der Waals surface area contributed by atoms with Crippen LogP contribution in [0.25, 0.3) is 0 Å². The summed E-state index contributed by atoms with van der Waals surface area (Å²) >= 11 is 1.68. The van der Waals surface area contributed by atoms with E-state index in [1.54, 1.807) is 18.4 Å². The molecule has 1 aromatic heterocycles. The Labute approximate surface area is 142 Å². The van der Waals surface area contributed by atoms with E-state index in [2.05, 4.69) is 23.5 Å². The van der Waals surface area contributed by atoms with E-state index >= 15 is 0 Å². The summed E-state index contributed by atoms with van der Waals surface area (Å²) in [6.07, 6.45) is 0.910. The lowest BCUT2D eigenvalue weighted by Gasteiger charge is -2.22. The minimum atomic E-state index is 0.125. The zero-order valence-electron chi connectivity index (χ0n) is 13.5. The molecule has 1 N–H and O–H groups in total. The molecule has 0 aliphatic rings. The molecule has 124 valence electrons. The summed E-state index contributed by atoms with van der Waals surface area (Å²) < 4.78 is 5.01. The third-order valence-corrected chi connectivity index (χ3v) is 4.34. The smallest absolute Gasteiger partial charge is 0.237 e. The second-order valence-corrected chi connectivity index (χ2v) is 6.37. The van der Waals surface area contributed by atoms with Gasteiger partial charge in [-0.25, -0.2) is 0 Å². The molecule has 1 amide bonds. The molecule has 0 radical (unpaired) electrons. The minimum Gasteiger partial charge on any atom is -0.385 e. The lowest BCUT2D eigenvalue weighted by Crippen LogP contribution is -2.37. The van der Waals surface area contributed by atoms with Crippen molar-refractivity contribution in [2.45, 2.75) is 19.5 Å². The molecular weight excluding hydrogens is 308 g/mol. The van der Waals surface area contributed by atoms with Crippen molar-refractivity contribution in [2.75, 3.05) is 26.8 Å². The molecule has 0 atom stereocenters. The van der Waals surface area contributed by atoms with Crippen LogP contribution >= 0.6 is 11.3 Å². The van der Waals surface area contributed by atoms with Crippen LogP contribution < -0.4 is 5.32 Å². The molecule has 0 aliphatic carbocycles. The molecule has 0 saturated heterocycles. The van der Waals surface area contributed by atoms with Gasteiger partial charge in [-0.05, 0) is 30.0 Å². The van der Waals surface area contributed by atoms with Gasteiger partial charge in [0.1, 0.15) is 0 Å². The highest BCUT2D eigenvalue weighted by molar-refractivity contribution is 7.09. The lowest BCUT2D eigenvalue weighted by molar-refractivity contribution is -0.131. The number of carbonyl (C=O) groups is 1. The number of nitrogens with one attached hydrogen (secondary N) is 1. The van der Waals surface area contributed by atoms with E-state index < -0.39 is 0 Å². The van der Waals surface area contributed by atoms with Crippen LogP contribution in [0.1, 0.15) is 16.9 Å². The van der Waals surface area contributed by atoms with E-state index in [1.807, 2.05) is 34.5 Å². The Morgan fingerprint density at radius 3 is 2.70 bits per heavy atom. The van der Waals surface area contributed by atoms with Crippen LogP contribution in [0.15, 0.2) is 47.8 Å². The van der Waals surface area contributed by atoms with E-state index in [1.165, 1.54) is 4.88 Å². The Hall–Kier alpha value is -1.69. The summed E-state index contributed by atoms with van der Waals surface area (Å²) in [5.74, 6) is 0.125. The Morgan fingerprint density at radius 1 is 1.17 bits per heavy atom. The van der Waals surface area contributed by atoms with Crippen molar-refractivity contribution in [3.63, 3.8) is 0 Å². The van der Waals surface area contributed by atoms with Crippen LogP contribution in [0.3, 0.4) is 0 Å². The number of hydrogen-bond donors (Lipinski definition) is 1. The molecule has 0 saturated carbocycles. The van der Waals surface area contributed by atoms with Crippen LogP contribution in [0.4, 0.5) is 0 Å². The van der Waals surface area contributed by atoms with Gasteiger partial charge in [0.25, 0.3) is 0 Å². The van der Waals surface area contributed by atoms with E-state index in [0.717, 1.165) is 18.5 Å². The number of amides is 1. The first kappa shape index (κ1) is 17.7. The van der Waals surface area contributed by atoms with Crippen molar-refractivity contribution in [1.82, 2.24) is 10.2 Å². The Morgan fingerprint density at radius 2 is 2.00 bits per heavy atom. The first-order valence-corrected chi connectivity index (χ1v) is 8.71. The van der Waals surface area contributed by atoms with E-state index in [4.69, 9.17) is 4.74 Å². The number of ether oxygens (including phenoxy) is 1. The van der Waals surface area contributed by atoms with Gasteiger partial charge in [-0.1, -0.05) is 36.4 Å². The number of rotatable bonds is 10. The molecule has 0 unspecified atom stereocenters. The van der Waals surface area contributed by atoms with Crippen LogP contribution in [-0.4, -0.2) is 37.6 Å². The maximum atomic E-state index is 12.5. The number of nitrogens with zero attached hydrogens (tertiary/aromatic N) is 1. The fourth-order valence-corrected chi connectivity index (χ4v) is 2.99. The number of methoxy groups -OCH3 is 1. The fourth-order valence-electron chi connectivity index (χ4n) is 2.28. The molecule has 2 aromatic rings. The topological polar surface area (TPSA) is 41.6 Å². The Bertz CT molecular complexity index is 558. The first-order chi connectivity index (χ1) is 11.3. The molecule has 0 spiro atoms. The van der Waals surface area contributed by atoms with Crippen molar-refractivity contribution in [3.05, 3.63) is 58.3 Å². The quantitative estimate of drug-likeness (QED) is 0.680. The molecule has 1 aromatic carbocycles. The number of benzene rings is 1. The standard InChI is InChI=1S/C18H24N2O2S/c1-22-11-6-10-19-13-18(21)20(15-17-9-5-12-23-17)14-16-7-3-2-4-8-16/h2-5,7-9,12,19H,6,10-11,13-15H2,1H3. The van der Waals surface area contributed by atoms with Crippen LogP contribution in [-0.2, 0) is 22.6 Å². The van der Waals surface area contributed by atoms with Crippen LogP contribution in [0.2, 0.25) is 0 Å². The Balaban J connectivity index is 1.91. The molecule has 5 heteroatoms. The van der Waals surface area contributed by atoms with Gasteiger partial charge in [0.15, 0.2) is 0 Å². The van der Waals surface area contributed by atoms with Crippen molar-refractivity contribution in [2.24, 2.45) is 0 Å². The number of thiophene rings is 1. The summed E-state index contributed by atoms with van der Waals surface area (Å²) in [5.41, 5.74) is 1.15. The predicted molar refractivity (Wildman–Crippen MR) is 94.4 cm³/mol. The fraction of sp³-hybridized carbons (Fsp3) is 0.389. The molecule has 0 bridgehead atoms. The second-order valence-electron chi connectivity index (χ2n) is 5.34. The highest BCUT2D eigenvalue weighted by Crippen LogP contribution is 2.14. The minimum absolute atomic E-state index is 0.125. The number of carbonyl (C=O) groups excluding carboxylic acids is 1. The summed E-state index contributed by atoms with van der Waals surface area (Å²) in [6, 6.07) is 14.2. The molecule has 0 aliphatic heterocycles. The van der Waals surface area contributed by atoms with Crippen molar-refractivity contribution in [1.29, 1.82) is 0 Å². The summed E-state index contributed by atoms with van der Waals surface area (Å²) in [5, 5.41) is 5.24. The van der Waals surface area contributed by atoms with Gasteiger partial charge in [0, 0.05) is 25.1 Å². The second kappa shape index (κ2) is 10.2. The van der Waals surface area contributed by atoms with E-state index in [9.17, 15) is 4.79 Å². The normalized spacial score (nSPS) is 10.7. The van der Waals surface area contributed by atoms with Gasteiger partial charge in [0.05, 0.1) is 13.1 Å². The van der Waals surface area contributed by atoms with Crippen LogP contribution in [0, 0.1) is 0 Å². The third kappa shape index (κ3) is 6.52. The van der Waals surface area contributed by atoms with Gasteiger partial charge < -0.3 is 15.0 Å². The van der Waals surface area contributed by atoms with Gasteiger partial charge in [0.2, 0.25) is 5.91 Å². The zero-order valence-corrected chi connectivity index (χ0v) is 14.3. The average molecular weight is 332 g/mol. The third-order valence-electron chi connectivity index (χ3n) is 3.47. The summed E-state index contributed by atoms with van der Waals surface area (Å²) in [4.78, 5) is 15.7. The SMILES string of the molecule is COCCCNCC(=O)N(Cc1ccccc1)Cc1cccs1. The summed E-state index contributed by atoms with van der Waals surface area (Å²) in [7, 11) is 1.69. The van der Waals surface area contributed by atoms with Gasteiger partial charge in [-0.2, -0.15) is 0 Å². The largest absolute Gasteiger partial charge is 0.385 e. The lowest BCUT2D eigenvalue weighted by atomic mass is 10.2. The van der Waals surface area contributed by atoms with Crippen molar-refractivity contribution in [3.8, 4) is 0 Å². The average Bonchev–Trinajstić information content (AvgIpc) is 3.08. The highest BCUT2D eigenvalue weighted by Gasteiger charge is 2.14. The van der Waals surface area contributed by atoms with E-state index in [-0.39, 0.29) is 5.91 Å². The van der Waals surface area contributed by atoms with E-state index in [0.29, 0.717) is 26.2 Å². The predicted octanol–water partition coefficient (Wildman–Crippen LogP) is 2.90. The van der Waals surface area contributed by atoms with Crippen LogP contribution in [0.5, 0.6) is 0 Å². The molecule has 23 heavy (non-hydrogen) atoms. The molecule has 1 heterocycles. The highest BCUT2D eigenvalue weighted by atomic mass is 32.1. The van der Waals surface area contributed by atoms with Gasteiger partial charge in [-0.3, -0.25) is 4.79 Å².